The number of methoxy groups -OCH3 is 1. The van der Waals surface area contributed by atoms with Gasteiger partial charge in [-0.1, -0.05) is 29.8 Å². The Labute approximate surface area is 172 Å². The number of rotatable bonds is 10. The van der Waals surface area contributed by atoms with Gasteiger partial charge < -0.3 is 19.7 Å². The summed E-state index contributed by atoms with van der Waals surface area (Å²) in [7, 11) is 3.19. The van der Waals surface area contributed by atoms with E-state index in [9.17, 15) is 9.59 Å². The van der Waals surface area contributed by atoms with Crippen LogP contribution in [-0.4, -0.2) is 43.5 Å². The number of hydrogen-bond donors (Lipinski definition) is 1. The Bertz CT molecular complexity index is 788. The molecular weight excluding hydrogens is 368 g/mol. The van der Waals surface area contributed by atoms with Gasteiger partial charge in [0.25, 0.3) is 0 Å². The van der Waals surface area contributed by atoms with Crippen molar-refractivity contribution in [2.24, 2.45) is 0 Å². The van der Waals surface area contributed by atoms with Crippen LogP contribution in [0.25, 0.3) is 0 Å². The maximum absolute atomic E-state index is 12.8. The smallest absolute Gasteiger partial charge is 0.242 e. The van der Waals surface area contributed by atoms with Crippen LogP contribution in [0.5, 0.6) is 11.5 Å². The Kier molecular flexibility index (Phi) is 8.52. The molecule has 0 aliphatic heterocycles. The first kappa shape index (κ1) is 22.3. The van der Waals surface area contributed by atoms with Crippen LogP contribution in [-0.2, 0) is 16.1 Å². The molecule has 2 aromatic carbocycles. The molecule has 2 rings (SSSR count). The number of nitrogens with one attached hydrogen (secondary N) is 1. The zero-order valence-corrected chi connectivity index (χ0v) is 17.6. The molecule has 0 heterocycles. The van der Waals surface area contributed by atoms with E-state index in [0.717, 1.165) is 22.6 Å². The van der Waals surface area contributed by atoms with Gasteiger partial charge in [-0.05, 0) is 50.1 Å². The van der Waals surface area contributed by atoms with Gasteiger partial charge >= 0.3 is 0 Å². The summed E-state index contributed by atoms with van der Waals surface area (Å²) in [4.78, 5) is 26.6. The first-order valence-corrected chi connectivity index (χ1v) is 9.78. The topological polar surface area (TPSA) is 67.9 Å². The third kappa shape index (κ3) is 6.82. The van der Waals surface area contributed by atoms with Crippen LogP contribution in [0.15, 0.2) is 48.5 Å². The van der Waals surface area contributed by atoms with Gasteiger partial charge in [-0.25, -0.2) is 0 Å². The molecule has 2 amide bonds. The van der Waals surface area contributed by atoms with Gasteiger partial charge in [0.05, 0.1) is 13.7 Å². The number of likely N-dealkylation sites (N-methyl/N-ethyl adjacent to an activating group) is 1. The van der Waals surface area contributed by atoms with Crippen molar-refractivity contribution in [3.63, 3.8) is 0 Å². The zero-order chi connectivity index (χ0) is 21.2. The van der Waals surface area contributed by atoms with E-state index in [2.05, 4.69) is 5.32 Å². The van der Waals surface area contributed by atoms with Crippen LogP contribution in [0.3, 0.4) is 0 Å². The molecule has 0 unspecified atom stereocenters. The lowest BCUT2D eigenvalue weighted by Gasteiger charge is -2.28. The van der Waals surface area contributed by atoms with Gasteiger partial charge in [-0.2, -0.15) is 0 Å². The summed E-state index contributed by atoms with van der Waals surface area (Å²) in [5.74, 6) is 1.25. The van der Waals surface area contributed by atoms with Crippen molar-refractivity contribution >= 4 is 11.8 Å². The fourth-order valence-electron chi connectivity index (χ4n) is 2.91. The van der Waals surface area contributed by atoms with E-state index in [1.807, 2.05) is 55.5 Å². The van der Waals surface area contributed by atoms with Crippen molar-refractivity contribution in [1.29, 1.82) is 0 Å². The van der Waals surface area contributed by atoms with Gasteiger partial charge in [-0.15, -0.1) is 0 Å². The summed E-state index contributed by atoms with van der Waals surface area (Å²) < 4.78 is 10.8. The van der Waals surface area contributed by atoms with E-state index in [1.54, 1.807) is 26.0 Å². The van der Waals surface area contributed by atoms with Crippen LogP contribution < -0.4 is 14.8 Å². The molecule has 0 aromatic heterocycles. The fourth-order valence-corrected chi connectivity index (χ4v) is 2.91. The molecule has 0 bridgehead atoms. The normalized spacial score (nSPS) is 11.4. The van der Waals surface area contributed by atoms with Crippen LogP contribution in [0, 0.1) is 6.92 Å². The quantitative estimate of drug-likeness (QED) is 0.624. The number of ether oxygens (including phenoxy) is 2. The molecule has 0 aliphatic carbocycles. The molecule has 0 fully saturated rings. The van der Waals surface area contributed by atoms with Gasteiger partial charge in [0.15, 0.2) is 0 Å². The van der Waals surface area contributed by atoms with Gasteiger partial charge in [0, 0.05) is 20.0 Å². The van der Waals surface area contributed by atoms with Crippen LogP contribution in [0.1, 0.15) is 30.9 Å². The lowest BCUT2D eigenvalue weighted by molar-refractivity contribution is -0.140. The maximum Gasteiger partial charge on any atom is 0.242 e. The third-order valence-electron chi connectivity index (χ3n) is 4.75. The van der Waals surface area contributed by atoms with Gasteiger partial charge in [-0.3, -0.25) is 9.59 Å². The first-order valence-electron chi connectivity index (χ1n) is 9.78. The molecule has 2 aromatic rings. The van der Waals surface area contributed by atoms with E-state index in [4.69, 9.17) is 9.47 Å². The van der Waals surface area contributed by atoms with Gasteiger partial charge in [0.2, 0.25) is 11.8 Å². The van der Waals surface area contributed by atoms with E-state index in [1.165, 1.54) is 0 Å². The summed E-state index contributed by atoms with van der Waals surface area (Å²) in [6.45, 7) is 4.58. The minimum absolute atomic E-state index is 0.0694. The largest absolute Gasteiger partial charge is 0.497 e. The highest BCUT2D eigenvalue weighted by molar-refractivity contribution is 5.87. The third-order valence-corrected chi connectivity index (χ3v) is 4.75. The first-order chi connectivity index (χ1) is 13.9. The Hall–Kier alpha value is -3.02. The van der Waals surface area contributed by atoms with E-state index >= 15 is 0 Å². The van der Waals surface area contributed by atoms with E-state index in [0.29, 0.717) is 26.0 Å². The number of amides is 2. The summed E-state index contributed by atoms with van der Waals surface area (Å²) >= 11 is 0. The van der Waals surface area contributed by atoms with Crippen LogP contribution in [0.2, 0.25) is 0 Å². The van der Waals surface area contributed by atoms with Gasteiger partial charge in [0.1, 0.15) is 17.5 Å². The monoisotopic (exact) mass is 398 g/mol. The van der Waals surface area contributed by atoms with Crippen molar-refractivity contribution < 1.29 is 19.1 Å². The van der Waals surface area contributed by atoms with E-state index < -0.39 is 6.04 Å². The Morgan fingerprint density at radius 3 is 2.24 bits per heavy atom. The molecule has 0 saturated heterocycles. The second kappa shape index (κ2) is 11.1. The number of carbonyl (C=O) groups excluding carboxylic acids is 2. The Morgan fingerprint density at radius 1 is 1.03 bits per heavy atom. The van der Waals surface area contributed by atoms with Crippen molar-refractivity contribution in [3.05, 3.63) is 59.7 Å². The maximum atomic E-state index is 12.8. The average molecular weight is 399 g/mol. The summed E-state index contributed by atoms with van der Waals surface area (Å²) in [5.41, 5.74) is 2.15. The van der Waals surface area contributed by atoms with Crippen LogP contribution >= 0.6 is 0 Å². The van der Waals surface area contributed by atoms with E-state index in [-0.39, 0.29) is 11.8 Å². The second-order valence-electron chi connectivity index (χ2n) is 6.93. The van der Waals surface area contributed by atoms with Crippen molar-refractivity contribution in [2.75, 3.05) is 20.8 Å². The number of carbonyl (C=O) groups is 2. The number of benzene rings is 2. The predicted octanol–water partition coefficient (Wildman–Crippen LogP) is 3.33. The summed E-state index contributed by atoms with van der Waals surface area (Å²) in [6, 6.07) is 14.8. The fraction of sp³-hybridized carbons (Fsp3) is 0.391. The lowest BCUT2D eigenvalue weighted by atomic mass is 10.1. The number of hydrogen-bond acceptors (Lipinski definition) is 4. The average Bonchev–Trinajstić information content (AvgIpc) is 2.75. The highest BCUT2D eigenvalue weighted by Crippen LogP contribution is 2.18. The van der Waals surface area contributed by atoms with Crippen molar-refractivity contribution in [3.8, 4) is 11.5 Å². The summed E-state index contributed by atoms with van der Waals surface area (Å²) in [5, 5.41) is 2.63. The molecule has 6 heteroatoms. The molecule has 0 radical (unpaired) electrons. The molecule has 29 heavy (non-hydrogen) atoms. The van der Waals surface area contributed by atoms with Crippen molar-refractivity contribution in [1.82, 2.24) is 10.2 Å². The van der Waals surface area contributed by atoms with Crippen molar-refractivity contribution in [2.45, 2.75) is 39.3 Å². The minimum atomic E-state index is -0.545. The second-order valence-corrected chi connectivity index (χ2v) is 6.93. The molecular formula is C23H30N2O4. The highest BCUT2D eigenvalue weighted by atomic mass is 16.5. The van der Waals surface area contributed by atoms with Crippen LogP contribution in [0.4, 0.5) is 0 Å². The number of aryl methyl sites for hydroxylation is 1. The molecule has 1 atom stereocenters. The predicted molar refractivity (Wildman–Crippen MR) is 113 cm³/mol. The zero-order valence-electron chi connectivity index (χ0n) is 17.6. The minimum Gasteiger partial charge on any atom is -0.497 e. The molecule has 0 aliphatic rings. The Balaban J connectivity index is 1.93. The molecule has 6 nitrogen and oxygen atoms in total. The Morgan fingerprint density at radius 2 is 1.66 bits per heavy atom. The summed E-state index contributed by atoms with van der Waals surface area (Å²) in [6.07, 6.45) is 0.874. The molecule has 0 saturated carbocycles. The lowest BCUT2D eigenvalue weighted by Crippen LogP contribution is -2.46. The SMILES string of the molecule is CNC(=O)[C@@H](C)N(Cc1ccc(C)cc1)C(=O)CCCOc1ccc(OC)cc1. The molecule has 156 valence electrons. The molecule has 1 N–H and O–H groups in total. The highest BCUT2D eigenvalue weighted by Gasteiger charge is 2.25. The standard InChI is InChI=1S/C23H30N2O4/c1-17-7-9-19(10-8-17)16-25(18(2)23(27)24-3)22(26)6-5-15-29-21-13-11-20(28-4)12-14-21/h7-14,18H,5-6,15-16H2,1-4H3,(H,24,27)/t18-/m1/s1. The molecule has 0 spiro atoms. The number of nitrogens with zero attached hydrogens (tertiary/aromatic N) is 1.